The fourth-order valence-electron chi connectivity index (χ4n) is 2.93. The van der Waals surface area contributed by atoms with Gasteiger partial charge in [-0.15, -0.1) is 0 Å². The number of nitrogens with two attached hydrogens (primary N) is 2. The highest BCUT2D eigenvalue weighted by Crippen LogP contribution is 2.10. The first-order chi connectivity index (χ1) is 15.3. The minimum atomic E-state index is -1.51. The molecule has 0 aromatic heterocycles. The van der Waals surface area contributed by atoms with E-state index in [1.54, 1.807) is 0 Å². The SMILES string of the molecule is CCC(C)C(N)C(=O)NC(CC(C)C)C(=O)NC(CCSC)C(=O)NC(CC(N)=O)C(=O)O. The Kier molecular flexibility index (Phi) is 14.4. The van der Waals surface area contributed by atoms with Gasteiger partial charge in [-0.1, -0.05) is 34.1 Å². The number of aliphatic carboxylic acids is 1. The first-order valence-corrected chi connectivity index (χ1v) is 12.4. The molecule has 5 unspecified atom stereocenters. The molecule has 11 nitrogen and oxygen atoms in total. The van der Waals surface area contributed by atoms with Crippen LogP contribution in [0.5, 0.6) is 0 Å². The van der Waals surface area contributed by atoms with Crippen molar-refractivity contribution in [2.75, 3.05) is 12.0 Å². The van der Waals surface area contributed by atoms with Crippen molar-refractivity contribution in [3.8, 4) is 0 Å². The second-order valence-corrected chi connectivity index (χ2v) is 9.50. The molecule has 0 saturated carbocycles. The van der Waals surface area contributed by atoms with Gasteiger partial charge in [-0.05, 0) is 36.7 Å². The van der Waals surface area contributed by atoms with Crippen molar-refractivity contribution in [1.29, 1.82) is 0 Å². The van der Waals surface area contributed by atoms with E-state index < -0.39 is 60.2 Å². The van der Waals surface area contributed by atoms with E-state index in [9.17, 15) is 29.1 Å². The van der Waals surface area contributed by atoms with Crippen LogP contribution in [0.4, 0.5) is 0 Å². The predicted octanol–water partition coefficient (Wildman–Crippen LogP) is -0.427. The number of carboxylic acid groups (broad SMARTS) is 1. The van der Waals surface area contributed by atoms with Crippen molar-refractivity contribution in [3.05, 3.63) is 0 Å². The van der Waals surface area contributed by atoms with E-state index >= 15 is 0 Å². The minimum absolute atomic E-state index is 0.0614. The highest BCUT2D eigenvalue weighted by molar-refractivity contribution is 7.98. The zero-order valence-corrected chi connectivity index (χ0v) is 20.9. The molecule has 0 aliphatic carbocycles. The maximum atomic E-state index is 13.0. The molecule has 0 radical (unpaired) electrons. The fraction of sp³-hybridized carbons (Fsp3) is 0.762. The van der Waals surface area contributed by atoms with E-state index in [0.29, 0.717) is 18.6 Å². The number of hydrogen-bond donors (Lipinski definition) is 6. The minimum Gasteiger partial charge on any atom is -0.480 e. The molecule has 0 aliphatic heterocycles. The van der Waals surface area contributed by atoms with E-state index in [4.69, 9.17) is 11.5 Å². The molecule has 0 spiro atoms. The molecule has 0 fully saturated rings. The highest BCUT2D eigenvalue weighted by atomic mass is 32.2. The molecule has 12 heteroatoms. The largest absolute Gasteiger partial charge is 0.480 e. The summed E-state index contributed by atoms with van der Waals surface area (Å²) in [6.45, 7) is 7.53. The van der Waals surface area contributed by atoms with Gasteiger partial charge in [-0.25, -0.2) is 4.79 Å². The van der Waals surface area contributed by atoms with Gasteiger partial charge in [-0.2, -0.15) is 11.8 Å². The zero-order valence-electron chi connectivity index (χ0n) is 20.1. The summed E-state index contributed by atoms with van der Waals surface area (Å²) in [5.74, 6) is -3.59. The second-order valence-electron chi connectivity index (χ2n) is 8.51. The number of carbonyl (C=O) groups is 5. The molecule has 33 heavy (non-hydrogen) atoms. The van der Waals surface area contributed by atoms with Crippen molar-refractivity contribution in [2.24, 2.45) is 23.3 Å². The van der Waals surface area contributed by atoms with Gasteiger partial charge in [-0.3, -0.25) is 19.2 Å². The molecule has 5 atom stereocenters. The smallest absolute Gasteiger partial charge is 0.326 e. The summed E-state index contributed by atoms with van der Waals surface area (Å²) in [4.78, 5) is 60.8. The number of nitrogens with one attached hydrogen (secondary N) is 3. The van der Waals surface area contributed by atoms with Crippen LogP contribution in [0.2, 0.25) is 0 Å². The van der Waals surface area contributed by atoms with Gasteiger partial charge in [0.15, 0.2) is 0 Å². The summed E-state index contributed by atoms with van der Waals surface area (Å²) < 4.78 is 0. The van der Waals surface area contributed by atoms with E-state index in [-0.39, 0.29) is 18.3 Å². The highest BCUT2D eigenvalue weighted by Gasteiger charge is 2.31. The average molecular weight is 490 g/mol. The Morgan fingerprint density at radius 2 is 1.42 bits per heavy atom. The molecule has 190 valence electrons. The molecule has 0 aromatic carbocycles. The van der Waals surface area contributed by atoms with E-state index in [2.05, 4.69) is 16.0 Å². The summed E-state index contributed by atoms with van der Waals surface area (Å²) in [5.41, 5.74) is 11.0. The van der Waals surface area contributed by atoms with Crippen LogP contribution in [0.1, 0.15) is 53.4 Å². The van der Waals surface area contributed by atoms with E-state index in [1.165, 1.54) is 11.8 Å². The van der Waals surface area contributed by atoms with Crippen LogP contribution in [0.3, 0.4) is 0 Å². The molecule has 4 amide bonds. The van der Waals surface area contributed by atoms with Crippen LogP contribution >= 0.6 is 11.8 Å². The lowest BCUT2D eigenvalue weighted by molar-refractivity contribution is -0.143. The fourth-order valence-corrected chi connectivity index (χ4v) is 3.41. The van der Waals surface area contributed by atoms with Crippen molar-refractivity contribution >= 4 is 41.4 Å². The van der Waals surface area contributed by atoms with Gasteiger partial charge in [0.25, 0.3) is 0 Å². The number of rotatable bonds is 16. The van der Waals surface area contributed by atoms with Gasteiger partial charge in [0, 0.05) is 0 Å². The number of thioether (sulfide) groups is 1. The summed E-state index contributed by atoms with van der Waals surface area (Å²) in [6.07, 6.45) is 2.48. The van der Waals surface area contributed by atoms with Crippen LogP contribution < -0.4 is 27.4 Å². The lowest BCUT2D eigenvalue weighted by atomic mass is 9.97. The van der Waals surface area contributed by atoms with Crippen molar-refractivity contribution in [2.45, 2.75) is 77.5 Å². The summed E-state index contributed by atoms with van der Waals surface area (Å²) in [6, 6.07) is -4.27. The topological polar surface area (TPSA) is 194 Å². The Labute approximate surface area is 199 Å². The van der Waals surface area contributed by atoms with Gasteiger partial charge in [0.2, 0.25) is 23.6 Å². The Bertz CT molecular complexity index is 690. The number of hydrogen-bond acceptors (Lipinski definition) is 7. The molecular weight excluding hydrogens is 450 g/mol. The van der Waals surface area contributed by atoms with Crippen LogP contribution in [0.15, 0.2) is 0 Å². The molecule has 0 heterocycles. The molecule has 8 N–H and O–H groups in total. The maximum absolute atomic E-state index is 13.0. The van der Waals surface area contributed by atoms with Crippen LogP contribution in [0, 0.1) is 11.8 Å². The lowest BCUT2D eigenvalue weighted by Crippen LogP contribution is -2.58. The molecular formula is C21H39N5O6S. The number of primary amides is 1. The van der Waals surface area contributed by atoms with Crippen LogP contribution in [-0.2, 0) is 24.0 Å². The third-order valence-corrected chi connectivity index (χ3v) is 5.81. The number of carbonyl (C=O) groups excluding carboxylic acids is 4. The van der Waals surface area contributed by atoms with Crippen LogP contribution in [-0.4, -0.2) is 70.9 Å². The number of carboxylic acids is 1. The van der Waals surface area contributed by atoms with Crippen molar-refractivity contribution < 1.29 is 29.1 Å². The maximum Gasteiger partial charge on any atom is 0.326 e. The summed E-state index contributed by atoms with van der Waals surface area (Å²) in [5, 5.41) is 16.8. The summed E-state index contributed by atoms with van der Waals surface area (Å²) in [7, 11) is 0. The summed E-state index contributed by atoms with van der Waals surface area (Å²) >= 11 is 1.44. The lowest BCUT2D eigenvalue weighted by Gasteiger charge is -2.26. The third-order valence-electron chi connectivity index (χ3n) is 5.16. The standard InChI is InChI=1S/C21H39N5O6S/c1-6-12(4)17(23)20(30)25-14(9-11(2)3)19(29)24-13(7-8-33-5)18(28)26-15(21(31)32)10-16(22)27/h11-15,17H,6-10,23H2,1-5H3,(H2,22,27)(H,24,29)(H,25,30)(H,26,28)(H,31,32). The Balaban J connectivity index is 5.51. The third kappa shape index (κ3) is 11.9. The van der Waals surface area contributed by atoms with Gasteiger partial charge >= 0.3 is 5.97 Å². The Hall–Kier alpha value is -2.34. The zero-order chi connectivity index (χ0) is 25.7. The van der Waals surface area contributed by atoms with Gasteiger partial charge < -0.3 is 32.5 Å². The van der Waals surface area contributed by atoms with Crippen molar-refractivity contribution in [3.63, 3.8) is 0 Å². The van der Waals surface area contributed by atoms with Gasteiger partial charge in [0.1, 0.15) is 18.1 Å². The first kappa shape index (κ1) is 30.7. The normalized spacial score (nSPS) is 15.6. The molecule has 0 aliphatic rings. The molecule has 0 aromatic rings. The predicted molar refractivity (Wildman–Crippen MR) is 127 cm³/mol. The first-order valence-electron chi connectivity index (χ1n) is 11.0. The Morgan fingerprint density at radius 1 is 0.909 bits per heavy atom. The van der Waals surface area contributed by atoms with E-state index in [1.807, 2.05) is 34.0 Å². The quantitative estimate of drug-likeness (QED) is 0.168. The van der Waals surface area contributed by atoms with Crippen LogP contribution in [0.25, 0.3) is 0 Å². The monoisotopic (exact) mass is 489 g/mol. The molecule has 0 saturated heterocycles. The van der Waals surface area contributed by atoms with Crippen molar-refractivity contribution in [1.82, 2.24) is 16.0 Å². The number of amides is 4. The van der Waals surface area contributed by atoms with E-state index in [0.717, 1.165) is 0 Å². The van der Waals surface area contributed by atoms with Gasteiger partial charge in [0.05, 0.1) is 12.5 Å². The second kappa shape index (κ2) is 15.5. The Morgan fingerprint density at radius 3 is 1.88 bits per heavy atom. The molecule has 0 rings (SSSR count). The average Bonchev–Trinajstić information content (AvgIpc) is 2.73. The molecule has 0 bridgehead atoms.